The number of amides is 1. The number of nitrogens with one attached hydrogen (secondary N) is 1. The third-order valence-electron chi connectivity index (χ3n) is 4.72. The molecule has 0 heterocycles. The molecule has 24 heavy (non-hydrogen) atoms. The van der Waals surface area contributed by atoms with Crippen LogP contribution in [0.5, 0.6) is 5.75 Å². The van der Waals surface area contributed by atoms with Crippen molar-refractivity contribution in [1.29, 1.82) is 5.26 Å². The van der Waals surface area contributed by atoms with Gasteiger partial charge in [0, 0.05) is 5.69 Å². The van der Waals surface area contributed by atoms with Crippen molar-refractivity contribution in [2.24, 2.45) is 0 Å². The number of anilines is 1. The molecular formula is C20H20N2O2. The molecular weight excluding hydrogens is 300 g/mol. The number of nitrogens with zero attached hydrogens (tertiary/aromatic N) is 1. The molecule has 0 atom stereocenters. The zero-order chi connectivity index (χ0) is 17.0. The van der Waals surface area contributed by atoms with Gasteiger partial charge in [-0.3, -0.25) is 4.79 Å². The number of nitriles is 1. The van der Waals surface area contributed by atoms with Crippen molar-refractivity contribution < 1.29 is 9.53 Å². The number of rotatable bonds is 4. The van der Waals surface area contributed by atoms with Crippen LogP contribution in [0.25, 0.3) is 0 Å². The van der Waals surface area contributed by atoms with Gasteiger partial charge in [0.25, 0.3) is 5.91 Å². The second-order valence-corrected chi connectivity index (χ2v) is 6.13. The molecule has 1 aliphatic carbocycles. The van der Waals surface area contributed by atoms with Gasteiger partial charge < -0.3 is 10.1 Å². The molecule has 1 aliphatic rings. The first kappa shape index (κ1) is 16.1. The lowest BCUT2D eigenvalue weighted by Gasteiger charge is -2.21. The molecule has 0 unspecified atom stereocenters. The maximum absolute atomic E-state index is 12.4. The molecule has 1 saturated carbocycles. The second kappa shape index (κ2) is 6.76. The van der Waals surface area contributed by atoms with Crippen molar-refractivity contribution >= 4 is 11.6 Å². The van der Waals surface area contributed by atoms with Crippen molar-refractivity contribution in [1.82, 2.24) is 0 Å². The van der Waals surface area contributed by atoms with Crippen LogP contribution in [0.4, 0.5) is 5.69 Å². The highest BCUT2D eigenvalue weighted by Crippen LogP contribution is 2.40. The minimum Gasteiger partial charge on any atom is -0.496 e. The summed E-state index contributed by atoms with van der Waals surface area (Å²) in [6.45, 7) is 0. The summed E-state index contributed by atoms with van der Waals surface area (Å²) in [5.74, 6) is 0.331. The molecule has 4 heteroatoms. The highest BCUT2D eigenvalue weighted by atomic mass is 16.5. The summed E-state index contributed by atoms with van der Waals surface area (Å²) in [4.78, 5) is 12.4. The van der Waals surface area contributed by atoms with Gasteiger partial charge in [-0.2, -0.15) is 5.26 Å². The van der Waals surface area contributed by atoms with Gasteiger partial charge in [-0.05, 0) is 42.7 Å². The lowest BCUT2D eigenvalue weighted by Crippen LogP contribution is -2.19. The third-order valence-corrected chi connectivity index (χ3v) is 4.72. The first-order valence-electron chi connectivity index (χ1n) is 8.15. The molecule has 0 aromatic heterocycles. The predicted octanol–water partition coefficient (Wildman–Crippen LogP) is 4.28. The minimum absolute atomic E-state index is 0.212. The van der Waals surface area contributed by atoms with E-state index in [1.54, 1.807) is 25.3 Å². The fraction of sp³-hybridized carbons (Fsp3) is 0.300. The number of carbonyl (C=O) groups excluding carboxylic acids is 1. The number of methoxy groups -OCH3 is 1. The molecule has 0 spiro atoms. The SMILES string of the molecule is COc1ccccc1C(=O)Nc1ccc(C2(C#N)CCCC2)cc1. The highest BCUT2D eigenvalue weighted by molar-refractivity contribution is 6.06. The maximum atomic E-state index is 12.4. The van der Waals surface area contributed by atoms with Crippen LogP contribution in [0.15, 0.2) is 48.5 Å². The van der Waals surface area contributed by atoms with Crippen LogP contribution in [0.1, 0.15) is 41.6 Å². The second-order valence-electron chi connectivity index (χ2n) is 6.13. The molecule has 2 aromatic carbocycles. The fourth-order valence-electron chi connectivity index (χ4n) is 3.35. The number of ether oxygens (including phenoxy) is 1. The fourth-order valence-corrected chi connectivity index (χ4v) is 3.35. The summed E-state index contributed by atoms with van der Waals surface area (Å²) in [5.41, 5.74) is 1.89. The molecule has 0 bridgehead atoms. The maximum Gasteiger partial charge on any atom is 0.259 e. The van der Waals surface area contributed by atoms with Crippen molar-refractivity contribution in [3.8, 4) is 11.8 Å². The Morgan fingerprint density at radius 1 is 1.12 bits per heavy atom. The predicted molar refractivity (Wildman–Crippen MR) is 93.1 cm³/mol. The summed E-state index contributed by atoms with van der Waals surface area (Å²) in [6.07, 6.45) is 4.02. The van der Waals surface area contributed by atoms with Crippen LogP contribution in [-0.4, -0.2) is 13.0 Å². The average molecular weight is 320 g/mol. The lowest BCUT2D eigenvalue weighted by molar-refractivity contribution is 0.102. The summed E-state index contributed by atoms with van der Waals surface area (Å²) in [5, 5.41) is 12.4. The van der Waals surface area contributed by atoms with Crippen molar-refractivity contribution in [3.63, 3.8) is 0 Å². The van der Waals surface area contributed by atoms with E-state index in [4.69, 9.17) is 4.74 Å². The Morgan fingerprint density at radius 2 is 1.79 bits per heavy atom. The number of hydrogen-bond donors (Lipinski definition) is 1. The molecule has 0 radical (unpaired) electrons. The van der Waals surface area contributed by atoms with Gasteiger partial charge in [-0.25, -0.2) is 0 Å². The Kier molecular flexibility index (Phi) is 4.52. The highest BCUT2D eigenvalue weighted by Gasteiger charge is 2.35. The topological polar surface area (TPSA) is 62.1 Å². The van der Waals surface area contributed by atoms with Gasteiger partial charge in [-0.1, -0.05) is 37.1 Å². The zero-order valence-electron chi connectivity index (χ0n) is 13.7. The monoisotopic (exact) mass is 320 g/mol. The average Bonchev–Trinajstić information content (AvgIpc) is 3.12. The van der Waals surface area contributed by atoms with E-state index in [2.05, 4.69) is 11.4 Å². The number of hydrogen-bond acceptors (Lipinski definition) is 3. The van der Waals surface area contributed by atoms with Gasteiger partial charge in [0.1, 0.15) is 5.75 Å². The first-order chi connectivity index (χ1) is 11.7. The van der Waals surface area contributed by atoms with Crippen LogP contribution in [0.2, 0.25) is 0 Å². The van der Waals surface area contributed by atoms with Crippen molar-refractivity contribution in [3.05, 3.63) is 59.7 Å². The zero-order valence-corrected chi connectivity index (χ0v) is 13.7. The van der Waals surface area contributed by atoms with Gasteiger partial charge in [0.05, 0.1) is 24.2 Å². The van der Waals surface area contributed by atoms with Crippen molar-refractivity contribution in [2.45, 2.75) is 31.1 Å². The van der Waals surface area contributed by atoms with Crippen molar-refractivity contribution in [2.75, 3.05) is 12.4 Å². The van der Waals surface area contributed by atoms with E-state index in [1.165, 1.54) is 0 Å². The van der Waals surface area contributed by atoms with Crippen LogP contribution in [0, 0.1) is 11.3 Å². The van der Waals surface area contributed by atoms with Gasteiger partial charge in [0.15, 0.2) is 0 Å². The van der Waals surface area contributed by atoms with Gasteiger partial charge in [-0.15, -0.1) is 0 Å². The summed E-state index contributed by atoms with van der Waals surface area (Å²) < 4.78 is 5.22. The summed E-state index contributed by atoms with van der Waals surface area (Å²) in [7, 11) is 1.55. The van der Waals surface area contributed by atoms with E-state index >= 15 is 0 Å². The van der Waals surface area contributed by atoms with Crippen LogP contribution in [0.3, 0.4) is 0 Å². The molecule has 3 rings (SSSR count). The van der Waals surface area contributed by atoms with Crippen LogP contribution < -0.4 is 10.1 Å². The minimum atomic E-state index is -0.356. The number of para-hydroxylation sites is 1. The first-order valence-corrected chi connectivity index (χ1v) is 8.15. The normalized spacial score (nSPS) is 15.5. The molecule has 1 N–H and O–H groups in total. The Bertz CT molecular complexity index is 769. The van der Waals surface area contributed by atoms with Crippen LogP contribution >= 0.6 is 0 Å². The van der Waals surface area contributed by atoms with Gasteiger partial charge >= 0.3 is 0 Å². The summed E-state index contributed by atoms with van der Waals surface area (Å²) >= 11 is 0. The molecule has 1 amide bonds. The van der Waals surface area contributed by atoms with E-state index in [0.29, 0.717) is 17.0 Å². The summed E-state index contributed by atoms with van der Waals surface area (Å²) in [6, 6.07) is 17.2. The van der Waals surface area contributed by atoms with Gasteiger partial charge in [0.2, 0.25) is 0 Å². The van der Waals surface area contributed by atoms with E-state index in [-0.39, 0.29) is 11.3 Å². The Morgan fingerprint density at radius 3 is 2.42 bits per heavy atom. The Labute approximate surface area is 142 Å². The van der Waals surface area contributed by atoms with E-state index < -0.39 is 0 Å². The van der Waals surface area contributed by atoms with E-state index in [0.717, 1.165) is 31.2 Å². The molecule has 2 aromatic rings. The van der Waals surface area contributed by atoms with E-state index in [9.17, 15) is 10.1 Å². The molecule has 4 nitrogen and oxygen atoms in total. The Hall–Kier alpha value is -2.80. The number of benzene rings is 2. The Balaban J connectivity index is 1.77. The molecule has 122 valence electrons. The smallest absolute Gasteiger partial charge is 0.259 e. The molecule has 0 saturated heterocycles. The van der Waals surface area contributed by atoms with Crippen LogP contribution in [-0.2, 0) is 5.41 Å². The molecule has 0 aliphatic heterocycles. The standard InChI is InChI=1S/C20H20N2O2/c1-24-18-7-3-2-6-17(18)19(23)22-16-10-8-15(9-11-16)20(14-21)12-4-5-13-20/h2-3,6-11H,4-5,12-13H2,1H3,(H,22,23). The van der Waals surface area contributed by atoms with E-state index in [1.807, 2.05) is 30.3 Å². The largest absolute Gasteiger partial charge is 0.496 e. The third kappa shape index (κ3) is 2.98. The molecule has 1 fully saturated rings. The number of carbonyl (C=O) groups is 1. The lowest BCUT2D eigenvalue weighted by atomic mass is 9.80. The quantitative estimate of drug-likeness (QED) is 0.914.